The summed E-state index contributed by atoms with van der Waals surface area (Å²) in [5.74, 6) is -0.620. The Morgan fingerprint density at radius 3 is 2.35 bits per heavy atom. The fourth-order valence-electron chi connectivity index (χ4n) is 5.16. The second-order valence-electron chi connectivity index (χ2n) is 10.7. The first-order valence-electron chi connectivity index (χ1n) is 12.7. The summed E-state index contributed by atoms with van der Waals surface area (Å²) in [4.78, 5) is 15.1. The van der Waals surface area contributed by atoms with Crippen LogP contribution in [0.4, 0.5) is 30.2 Å². The highest BCUT2D eigenvalue weighted by atomic mass is 19.4. The molecule has 1 saturated carbocycles. The molecule has 8 heteroatoms. The zero-order valence-corrected chi connectivity index (χ0v) is 20.5. The summed E-state index contributed by atoms with van der Waals surface area (Å²) in [6, 6.07) is 3.42. The normalized spacial score (nSPS) is 18.8. The molecule has 1 aromatic carbocycles. The Balaban J connectivity index is 1.76. The Morgan fingerprint density at radius 1 is 1.12 bits per heavy atom. The lowest BCUT2D eigenvalue weighted by atomic mass is 9.85. The minimum atomic E-state index is -4.19. The third-order valence-electron chi connectivity index (χ3n) is 7.22. The van der Waals surface area contributed by atoms with Crippen molar-refractivity contribution in [2.75, 3.05) is 35.6 Å². The summed E-state index contributed by atoms with van der Waals surface area (Å²) in [5.41, 5.74) is 7.38. The Bertz CT molecular complexity index is 822. The molecule has 0 radical (unpaired) electrons. The van der Waals surface area contributed by atoms with Crippen LogP contribution in [0.1, 0.15) is 88.4 Å². The predicted octanol–water partition coefficient (Wildman–Crippen LogP) is 6.16. The van der Waals surface area contributed by atoms with Gasteiger partial charge < -0.3 is 21.1 Å². The molecule has 0 unspecified atom stereocenters. The summed E-state index contributed by atoms with van der Waals surface area (Å²) in [7, 11) is 0. The van der Waals surface area contributed by atoms with E-state index in [9.17, 15) is 23.1 Å². The second kappa shape index (κ2) is 11.2. The van der Waals surface area contributed by atoms with Gasteiger partial charge in [0, 0.05) is 37.3 Å². The molecule has 0 bridgehead atoms. The van der Waals surface area contributed by atoms with E-state index in [0.717, 1.165) is 12.8 Å². The first-order valence-corrected chi connectivity index (χ1v) is 12.7. The fourth-order valence-corrected chi connectivity index (χ4v) is 5.16. The van der Waals surface area contributed by atoms with Gasteiger partial charge in [0.2, 0.25) is 0 Å². The molecular weight excluding hydrogens is 443 g/mol. The van der Waals surface area contributed by atoms with E-state index in [4.69, 9.17) is 5.73 Å². The zero-order chi connectivity index (χ0) is 24.9. The molecular formula is C26H40F3N3O2. The lowest BCUT2D eigenvalue weighted by Crippen LogP contribution is -2.39. The van der Waals surface area contributed by atoms with E-state index in [1.807, 2.05) is 4.90 Å². The van der Waals surface area contributed by atoms with Crippen molar-refractivity contribution in [3.63, 3.8) is 0 Å². The predicted molar refractivity (Wildman–Crippen MR) is 131 cm³/mol. The largest absolute Gasteiger partial charge is 0.397 e. The van der Waals surface area contributed by atoms with Crippen LogP contribution >= 0.6 is 0 Å². The molecule has 2 fully saturated rings. The third-order valence-corrected chi connectivity index (χ3v) is 7.22. The Morgan fingerprint density at radius 2 is 1.76 bits per heavy atom. The summed E-state index contributed by atoms with van der Waals surface area (Å²) < 4.78 is 39.5. The van der Waals surface area contributed by atoms with Gasteiger partial charge in [0.1, 0.15) is 0 Å². The Hall–Kier alpha value is -1.96. The molecule has 34 heavy (non-hydrogen) atoms. The summed E-state index contributed by atoms with van der Waals surface area (Å²) >= 11 is 0. The highest BCUT2D eigenvalue weighted by Crippen LogP contribution is 2.38. The standard InChI is InChI=1S/C26H40F3N3O2/c1-25(2,34)17-31-22-16-23(32-13-11-19(12-14-32)26(27,28)29)20(15-21(22)30)24(33)10-6-9-18-7-4-3-5-8-18/h15-16,18-19,31,34H,3-14,17,30H2,1-2H3. The molecule has 0 aromatic heterocycles. The molecule has 192 valence electrons. The highest BCUT2D eigenvalue weighted by Gasteiger charge is 2.41. The number of alkyl halides is 3. The smallest absolute Gasteiger partial charge is 0.391 e. The number of nitrogen functional groups attached to an aromatic ring is 1. The van der Waals surface area contributed by atoms with Crippen molar-refractivity contribution < 1.29 is 23.1 Å². The molecule has 4 N–H and O–H groups in total. The molecule has 0 spiro atoms. The van der Waals surface area contributed by atoms with Gasteiger partial charge in [-0.05, 0) is 51.2 Å². The molecule has 1 aliphatic heterocycles. The van der Waals surface area contributed by atoms with Crippen LogP contribution in [-0.4, -0.2) is 42.3 Å². The molecule has 5 nitrogen and oxygen atoms in total. The number of nitrogens with zero attached hydrogens (tertiary/aromatic N) is 1. The average Bonchev–Trinajstić information content (AvgIpc) is 2.77. The molecule has 1 heterocycles. The second-order valence-corrected chi connectivity index (χ2v) is 10.7. The first-order chi connectivity index (χ1) is 15.9. The maximum atomic E-state index is 13.2. The van der Waals surface area contributed by atoms with Crippen LogP contribution in [0.3, 0.4) is 0 Å². The molecule has 3 rings (SSSR count). The van der Waals surface area contributed by atoms with Gasteiger partial charge in [-0.25, -0.2) is 0 Å². The molecule has 0 amide bonds. The molecule has 1 aliphatic carbocycles. The van der Waals surface area contributed by atoms with Crippen LogP contribution in [0, 0.1) is 11.8 Å². The highest BCUT2D eigenvalue weighted by molar-refractivity contribution is 6.03. The Kier molecular flexibility index (Phi) is 8.77. The van der Waals surface area contributed by atoms with Crippen LogP contribution in [0.15, 0.2) is 12.1 Å². The van der Waals surface area contributed by atoms with E-state index < -0.39 is 17.7 Å². The molecule has 1 aromatic rings. The van der Waals surface area contributed by atoms with Gasteiger partial charge in [0.05, 0.1) is 22.9 Å². The van der Waals surface area contributed by atoms with E-state index in [1.165, 1.54) is 32.1 Å². The van der Waals surface area contributed by atoms with Gasteiger partial charge in [-0.1, -0.05) is 38.5 Å². The van der Waals surface area contributed by atoms with Gasteiger partial charge in [-0.2, -0.15) is 13.2 Å². The lowest BCUT2D eigenvalue weighted by Gasteiger charge is -2.35. The number of benzene rings is 1. The molecule has 1 saturated heterocycles. The van der Waals surface area contributed by atoms with Crippen LogP contribution in [0.2, 0.25) is 0 Å². The number of halogens is 3. The number of hydrogen-bond donors (Lipinski definition) is 3. The SMILES string of the molecule is CC(C)(O)CNc1cc(N2CCC(C(F)(F)F)CC2)c(C(=O)CCCC2CCCCC2)cc1N. The van der Waals surface area contributed by atoms with Crippen LogP contribution < -0.4 is 16.0 Å². The van der Waals surface area contributed by atoms with Crippen molar-refractivity contribution in [3.05, 3.63) is 17.7 Å². The van der Waals surface area contributed by atoms with Crippen molar-refractivity contribution in [2.24, 2.45) is 11.8 Å². The van der Waals surface area contributed by atoms with Crippen molar-refractivity contribution in [1.82, 2.24) is 0 Å². The van der Waals surface area contributed by atoms with Crippen LogP contribution in [-0.2, 0) is 0 Å². The molecule has 0 atom stereocenters. The van der Waals surface area contributed by atoms with Crippen molar-refractivity contribution in [2.45, 2.75) is 89.8 Å². The Labute approximate surface area is 201 Å². The van der Waals surface area contributed by atoms with Crippen molar-refractivity contribution in [3.8, 4) is 0 Å². The van der Waals surface area contributed by atoms with E-state index in [-0.39, 0.29) is 38.3 Å². The zero-order valence-electron chi connectivity index (χ0n) is 20.5. The number of aliphatic hydroxyl groups is 1. The quantitative estimate of drug-likeness (QED) is 0.289. The number of carbonyl (C=O) groups is 1. The van der Waals surface area contributed by atoms with Crippen molar-refractivity contribution >= 4 is 22.8 Å². The maximum Gasteiger partial charge on any atom is 0.391 e. The number of nitrogens with two attached hydrogens (primary N) is 1. The number of hydrogen-bond acceptors (Lipinski definition) is 5. The first kappa shape index (κ1) is 26.6. The van der Waals surface area contributed by atoms with Gasteiger partial charge in [0.25, 0.3) is 0 Å². The molecule has 2 aliphatic rings. The lowest BCUT2D eigenvalue weighted by molar-refractivity contribution is -0.179. The maximum absolute atomic E-state index is 13.2. The van der Waals surface area contributed by atoms with Gasteiger partial charge in [0.15, 0.2) is 5.78 Å². The number of nitrogens with one attached hydrogen (secondary N) is 1. The van der Waals surface area contributed by atoms with E-state index in [0.29, 0.717) is 35.0 Å². The monoisotopic (exact) mass is 483 g/mol. The van der Waals surface area contributed by atoms with Gasteiger partial charge >= 0.3 is 6.18 Å². The van der Waals surface area contributed by atoms with Crippen LogP contribution in [0.25, 0.3) is 0 Å². The van der Waals surface area contributed by atoms with Crippen molar-refractivity contribution in [1.29, 1.82) is 0 Å². The number of piperidine rings is 1. The van der Waals surface area contributed by atoms with Gasteiger partial charge in [-0.15, -0.1) is 0 Å². The van der Waals surface area contributed by atoms with Gasteiger partial charge in [-0.3, -0.25) is 4.79 Å². The minimum absolute atomic E-state index is 0.00954. The topological polar surface area (TPSA) is 78.6 Å². The number of Topliss-reactive ketones (excluding diaryl/α,β-unsaturated/α-hetero) is 1. The number of ketones is 1. The number of anilines is 3. The fraction of sp³-hybridized carbons (Fsp3) is 0.731. The summed E-state index contributed by atoms with van der Waals surface area (Å²) in [6.07, 6.45) is 4.42. The van der Waals surface area contributed by atoms with Crippen LogP contribution in [0.5, 0.6) is 0 Å². The van der Waals surface area contributed by atoms with E-state index >= 15 is 0 Å². The number of carbonyl (C=O) groups excluding carboxylic acids is 1. The number of rotatable bonds is 9. The third kappa shape index (κ3) is 7.52. The average molecular weight is 484 g/mol. The van der Waals surface area contributed by atoms with E-state index in [2.05, 4.69) is 5.32 Å². The summed E-state index contributed by atoms with van der Waals surface area (Å²) in [5, 5.41) is 13.2. The van der Waals surface area contributed by atoms with E-state index in [1.54, 1.807) is 26.0 Å². The summed E-state index contributed by atoms with van der Waals surface area (Å²) in [6.45, 7) is 4.07. The minimum Gasteiger partial charge on any atom is -0.397 e.